The number of nitrogens with two attached hydrogens (primary N) is 1. The molecule has 82 valence electrons. The first kappa shape index (κ1) is 10.4. The summed E-state index contributed by atoms with van der Waals surface area (Å²) >= 11 is 0. The molecule has 2 fully saturated rings. The van der Waals surface area contributed by atoms with Gasteiger partial charge in [-0.25, -0.2) is 0 Å². The Labute approximate surface area is 87.2 Å². The number of ether oxygens (including phenoxy) is 1. The van der Waals surface area contributed by atoms with Gasteiger partial charge in [0.2, 0.25) is 0 Å². The third kappa shape index (κ3) is 1.17. The summed E-state index contributed by atoms with van der Waals surface area (Å²) < 4.78 is 5.46. The zero-order valence-corrected chi connectivity index (χ0v) is 9.73. The zero-order chi connectivity index (χ0) is 10.4. The van der Waals surface area contributed by atoms with Crippen molar-refractivity contribution in [2.24, 2.45) is 22.0 Å². The fourth-order valence-corrected chi connectivity index (χ4v) is 3.64. The highest BCUT2D eigenvalue weighted by molar-refractivity contribution is 5.17. The molecule has 1 atom stereocenters. The van der Waals surface area contributed by atoms with Gasteiger partial charge in [0.15, 0.2) is 0 Å². The molecule has 2 aliphatic rings. The molecule has 1 aliphatic carbocycles. The predicted molar refractivity (Wildman–Crippen MR) is 58.0 cm³/mol. The molecule has 2 nitrogen and oxygen atoms in total. The second-order valence-electron chi connectivity index (χ2n) is 6.02. The highest BCUT2D eigenvalue weighted by atomic mass is 16.5. The minimum absolute atomic E-state index is 0.393. The molecule has 1 heterocycles. The molecular formula is C12H23NO. The lowest BCUT2D eigenvalue weighted by Crippen LogP contribution is -2.42. The highest BCUT2D eigenvalue weighted by Crippen LogP contribution is 2.73. The molecule has 0 spiro atoms. The summed E-state index contributed by atoms with van der Waals surface area (Å²) in [7, 11) is 0. The number of rotatable bonds is 2. The molecule has 1 saturated carbocycles. The number of hydrogen-bond donors (Lipinski definition) is 1. The normalized spacial score (nSPS) is 39.4. The molecule has 0 aromatic carbocycles. The fourth-order valence-electron chi connectivity index (χ4n) is 3.64. The van der Waals surface area contributed by atoms with Crippen molar-refractivity contribution in [2.45, 2.75) is 40.0 Å². The SMILES string of the molecule is CC1(C)CC1(CN)C1(C)CCOCC1. The van der Waals surface area contributed by atoms with Crippen LogP contribution in [-0.2, 0) is 4.74 Å². The summed E-state index contributed by atoms with van der Waals surface area (Å²) in [4.78, 5) is 0. The van der Waals surface area contributed by atoms with Crippen LogP contribution in [0.2, 0.25) is 0 Å². The van der Waals surface area contributed by atoms with Crippen LogP contribution in [0.5, 0.6) is 0 Å². The lowest BCUT2D eigenvalue weighted by molar-refractivity contribution is -0.0255. The van der Waals surface area contributed by atoms with Crippen LogP contribution in [0.4, 0.5) is 0 Å². The van der Waals surface area contributed by atoms with Crippen molar-refractivity contribution >= 4 is 0 Å². The first-order valence-corrected chi connectivity index (χ1v) is 5.75. The quantitative estimate of drug-likeness (QED) is 0.736. The summed E-state index contributed by atoms with van der Waals surface area (Å²) in [6.07, 6.45) is 3.67. The maximum atomic E-state index is 6.02. The lowest BCUT2D eigenvalue weighted by atomic mass is 9.65. The van der Waals surface area contributed by atoms with E-state index in [2.05, 4.69) is 20.8 Å². The van der Waals surface area contributed by atoms with Gasteiger partial charge in [0, 0.05) is 13.2 Å². The maximum Gasteiger partial charge on any atom is 0.0471 e. The van der Waals surface area contributed by atoms with Crippen molar-refractivity contribution in [1.29, 1.82) is 0 Å². The Hall–Kier alpha value is -0.0800. The van der Waals surface area contributed by atoms with E-state index < -0.39 is 0 Å². The molecular weight excluding hydrogens is 174 g/mol. The van der Waals surface area contributed by atoms with E-state index in [4.69, 9.17) is 10.5 Å². The molecule has 2 heteroatoms. The topological polar surface area (TPSA) is 35.2 Å². The smallest absolute Gasteiger partial charge is 0.0471 e. The lowest BCUT2D eigenvalue weighted by Gasteiger charge is -2.43. The molecule has 0 radical (unpaired) electrons. The van der Waals surface area contributed by atoms with Gasteiger partial charge < -0.3 is 10.5 Å². The second-order valence-corrected chi connectivity index (χ2v) is 6.02. The Bertz CT molecular complexity index is 230. The molecule has 14 heavy (non-hydrogen) atoms. The number of hydrogen-bond acceptors (Lipinski definition) is 2. The Kier molecular flexibility index (Phi) is 2.20. The van der Waals surface area contributed by atoms with E-state index in [-0.39, 0.29) is 0 Å². The standard InChI is InChI=1S/C12H23NO/c1-10(2)8-12(10,9-13)11(3)4-6-14-7-5-11/h4-9,13H2,1-3H3. The average molecular weight is 197 g/mol. The van der Waals surface area contributed by atoms with Gasteiger partial charge in [0.05, 0.1) is 0 Å². The van der Waals surface area contributed by atoms with Crippen molar-refractivity contribution in [3.05, 3.63) is 0 Å². The summed E-state index contributed by atoms with van der Waals surface area (Å²) in [5, 5.41) is 0. The van der Waals surface area contributed by atoms with Crippen LogP contribution in [0, 0.1) is 16.2 Å². The monoisotopic (exact) mass is 197 g/mol. The summed E-state index contributed by atoms with van der Waals surface area (Å²) in [6.45, 7) is 9.83. The second kappa shape index (κ2) is 2.96. The van der Waals surface area contributed by atoms with Crippen LogP contribution in [-0.4, -0.2) is 19.8 Å². The summed E-state index contributed by atoms with van der Waals surface area (Å²) in [5.41, 5.74) is 7.28. The van der Waals surface area contributed by atoms with Gasteiger partial charge in [-0.1, -0.05) is 20.8 Å². The van der Waals surface area contributed by atoms with Crippen molar-refractivity contribution < 1.29 is 4.74 Å². The fraction of sp³-hybridized carbons (Fsp3) is 1.00. The Morgan fingerprint density at radius 1 is 1.14 bits per heavy atom. The Morgan fingerprint density at radius 3 is 2.00 bits per heavy atom. The van der Waals surface area contributed by atoms with E-state index in [1.165, 1.54) is 19.3 Å². The van der Waals surface area contributed by atoms with Gasteiger partial charge in [-0.2, -0.15) is 0 Å². The van der Waals surface area contributed by atoms with E-state index in [1.807, 2.05) is 0 Å². The summed E-state index contributed by atoms with van der Waals surface area (Å²) in [6, 6.07) is 0. The third-order valence-corrected chi connectivity index (χ3v) is 5.01. The summed E-state index contributed by atoms with van der Waals surface area (Å²) in [5.74, 6) is 0. The van der Waals surface area contributed by atoms with Crippen LogP contribution in [0.15, 0.2) is 0 Å². The molecule has 2 N–H and O–H groups in total. The van der Waals surface area contributed by atoms with Crippen LogP contribution < -0.4 is 5.73 Å². The van der Waals surface area contributed by atoms with Crippen LogP contribution >= 0.6 is 0 Å². The Morgan fingerprint density at radius 2 is 1.64 bits per heavy atom. The molecule has 1 saturated heterocycles. The molecule has 0 aromatic rings. The van der Waals surface area contributed by atoms with Gasteiger partial charge in [0.25, 0.3) is 0 Å². The first-order chi connectivity index (χ1) is 6.47. The van der Waals surface area contributed by atoms with Crippen LogP contribution in [0.25, 0.3) is 0 Å². The molecule has 1 unspecified atom stereocenters. The van der Waals surface area contributed by atoms with Crippen molar-refractivity contribution in [2.75, 3.05) is 19.8 Å². The molecule has 0 amide bonds. The third-order valence-electron chi connectivity index (χ3n) is 5.01. The zero-order valence-electron chi connectivity index (χ0n) is 9.73. The largest absolute Gasteiger partial charge is 0.381 e. The van der Waals surface area contributed by atoms with E-state index >= 15 is 0 Å². The van der Waals surface area contributed by atoms with Gasteiger partial charge >= 0.3 is 0 Å². The van der Waals surface area contributed by atoms with Crippen LogP contribution in [0.1, 0.15) is 40.0 Å². The van der Waals surface area contributed by atoms with Gasteiger partial charge in [-0.3, -0.25) is 0 Å². The van der Waals surface area contributed by atoms with Crippen molar-refractivity contribution in [3.63, 3.8) is 0 Å². The Balaban J connectivity index is 2.20. The van der Waals surface area contributed by atoms with Crippen LogP contribution in [0.3, 0.4) is 0 Å². The highest BCUT2D eigenvalue weighted by Gasteiger charge is 2.68. The molecule has 0 aromatic heterocycles. The minimum atomic E-state index is 0.393. The van der Waals surface area contributed by atoms with E-state index in [1.54, 1.807) is 0 Å². The predicted octanol–water partition coefficient (Wildman–Crippen LogP) is 2.18. The van der Waals surface area contributed by atoms with E-state index in [0.29, 0.717) is 16.2 Å². The van der Waals surface area contributed by atoms with Crippen molar-refractivity contribution in [3.8, 4) is 0 Å². The van der Waals surface area contributed by atoms with E-state index in [0.717, 1.165) is 19.8 Å². The minimum Gasteiger partial charge on any atom is -0.381 e. The maximum absolute atomic E-state index is 6.02. The average Bonchev–Trinajstić information content (AvgIpc) is 2.72. The van der Waals surface area contributed by atoms with E-state index in [9.17, 15) is 0 Å². The molecule has 2 rings (SSSR count). The van der Waals surface area contributed by atoms with Gasteiger partial charge in [-0.05, 0) is 42.1 Å². The van der Waals surface area contributed by atoms with Gasteiger partial charge in [-0.15, -0.1) is 0 Å². The van der Waals surface area contributed by atoms with Gasteiger partial charge in [0.1, 0.15) is 0 Å². The first-order valence-electron chi connectivity index (χ1n) is 5.75. The van der Waals surface area contributed by atoms with Crippen molar-refractivity contribution in [1.82, 2.24) is 0 Å². The molecule has 0 bridgehead atoms. The molecule has 1 aliphatic heterocycles.